The lowest BCUT2D eigenvalue weighted by atomic mass is 10.00. The van der Waals surface area contributed by atoms with Gasteiger partial charge in [0.25, 0.3) is 0 Å². The average Bonchev–Trinajstić information content (AvgIpc) is 2.32. The Morgan fingerprint density at radius 2 is 1.67 bits per heavy atom. The molecule has 0 unspecified atom stereocenters. The summed E-state index contributed by atoms with van der Waals surface area (Å²) in [5.41, 5.74) is 5.58. The van der Waals surface area contributed by atoms with Gasteiger partial charge in [-0.1, -0.05) is 18.2 Å². The van der Waals surface area contributed by atoms with Crippen molar-refractivity contribution in [2.75, 3.05) is 0 Å². The maximum atomic E-state index is 12.4. The second-order valence-corrected chi connectivity index (χ2v) is 4.81. The molecule has 18 heavy (non-hydrogen) atoms. The van der Waals surface area contributed by atoms with Gasteiger partial charge in [-0.3, -0.25) is 9.78 Å². The van der Waals surface area contributed by atoms with Gasteiger partial charge >= 0.3 is 0 Å². The standard InChI is InChI=1S/C16H17NO/c1-10-7-13(4)15(17-9-10)16(18)14-6-5-11(2)12(3)8-14/h5-9H,1-4H3. The Morgan fingerprint density at radius 3 is 2.28 bits per heavy atom. The third kappa shape index (κ3) is 2.33. The highest BCUT2D eigenvalue weighted by atomic mass is 16.1. The molecule has 0 fully saturated rings. The van der Waals surface area contributed by atoms with E-state index >= 15 is 0 Å². The Kier molecular flexibility index (Phi) is 3.28. The molecule has 0 saturated heterocycles. The summed E-state index contributed by atoms with van der Waals surface area (Å²) in [5, 5.41) is 0. The molecule has 0 amide bonds. The Balaban J connectivity index is 2.44. The topological polar surface area (TPSA) is 30.0 Å². The van der Waals surface area contributed by atoms with Gasteiger partial charge in [0.05, 0.1) is 0 Å². The largest absolute Gasteiger partial charge is 0.287 e. The molecule has 0 saturated carbocycles. The summed E-state index contributed by atoms with van der Waals surface area (Å²) >= 11 is 0. The third-order valence-corrected chi connectivity index (χ3v) is 3.20. The highest BCUT2D eigenvalue weighted by Crippen LogP contribution is 2.16. The molecular formula is C16H17NO. The molecule has 0 bridgehead atoms. The van der Waals surface area contributed by atoms with Crippen molar-refractivity contribution >= 4 is 5.78 Å². The first-order chi connectivity index (χ1) is 8.49. The molecule has 2 aromatic rings. The number of benzene rings is 1. The van der Waals surface area contributed by atoms with E-state index in [2.05, 4.69) is 4.98 Å². The predicted molar refractivity (Wildman–Crippen MR) is 73.1 cm³/mol. The van der Waals surface area contributed by atoms with Crippen LogP contribution in [0.1, 0.15) is 38.3 Å². The van der Waals surface area contributed by atoms with Gasteiger partial charge in [-0.15, -0.1) is 0 Å². The minimum atomic E-state index is -0.00407. The van der Waals surface area contributed by atoms with Crippen molar-refractivity contribution in [3.05, 3.63) is 64.0 Å². The Bertz CT molecular complexity index is 614. The fourth-order valence-corrected chi connectivity index (χ4v) is 1.97. The van der Waals surface area contributed by atoms with Crippen LogP contribution in [-0.2, 0) is 0 Å². The second-order valence-electron chi connectivity index (χ2n) is 4.81. The number of aromatic nitrogens is 1. The normalized spacial score (nSPS) is 10.4. The molecule has 0 N–H and O–H groups in total. The summed E-state index contributed by atoms with van der Waals surface area (Å²) < 4.78 is 0. The SMILES string of the molecule is Cc1cnc(C(=O)c2ccc(C)c(C)c2)c(C)c1. The minimum absolute atomic E-state index is 0.00407. The predicted octanol–water partition coefficient (Wildman–Crippen LogP) is 3.55. The van der Waals surface area contributed by atoms with Crippen molar-refractivity contribution in [1.82, 2.24) is 4.98 Å². The van der Waals surface area contributed by atoms with Crippen LogP contribution in [0.15, 0.2) is 30.5 Å². The highest BCUT2D eigenvalue weighted by molar-refractivity contribution is 6.08. The van der Waals surface area contributed by atoms with Crippen LogP contribution in [0, 0.1) is 27.7 Å². The van der Waals surface area contributed by atoms with Gasteiger partial charge in [-0.25, -0.2) is 0 Å². The van der Waals surface area contributed by atoms with Crippen LogP contribution in [0.4, 0.5) is 0 Å². The average molecular weight is 239 g/mol. The van der Waals surface area contributed by atoms with Crippen LogP contribution in [-0.4, -0.2) is 10.8 Å². The summed E-state index contributed by atoms with van der Waals surface area (Å²) in [6.07, 6.45) is 1.74. The van der Waals surface area contributed by atoms with Crippen LogP contribution in [0.2, 0.25) is 0 Å². The molecule has 0 aliphatic rings. The molecule has 0 radical (unpaired) electrons. The molecule has 1 aromatic heterocycles. The zero-order chi connectivity index (χ0) is 13.3. The molecule has 0 spiro atoms. The number of nitrogens with zero attached hydrogens (tertiary/aromatic N) is 1. The first-order valence-electron chi connectivity index (χ1n) is 6.04. The number of carbonyl (C=O) groups is 1. The van der Waals surface area contributed by atoms with E-state index in [1.807, 2.05) is 52.0 Å². The third-order valence-electron chi connectivity index (χ3n) is 3.20. The number of ketones is 1. The quantitative estimate of drug-likeness (QED) is 0.750. The van der Waals surface area contributed by atoms with Crippen molar-refractivity contribution in [1.29, 1.82) is 0 Å². The lowest BCUT2D eigenvalue weighted by Gasteiger charge is -2.07. The van der Waals surface area contributed by atoms with Crippen molar-refractivity contribution < 1.29 is 4.79 Å². The summed E-state index contributed by atoms with van der Waals surface area (Å²) in [6.45, 7) is 7.96. The summed E-state index contributed by atoms with van der Waals surface area (Å²) in [7, 11) is 0. The Morgan fingerprint density at radius 1 is 0.944 bits per heavy atom. The van der Waals surface area contributed by atoms with E-state index in [-0.39, 0.29) is 5.78 Å². The van der Waals surface area contributed by atoms with Crippen LogP contribution >= 0.6 is 0 Å². The molecule has 2 heteroatoms. The molecule has 2 rings (SSSR count). The molecule has 0 aliphatic carbocycles. The first kappa shape index (κ1) is 12.5. The van der Waals surface area contributed by atoms with Gasteiger partial charge in [0.15, 0.2) is 0 Å². The summed E-state index contributed by atoms with van der Waals surface area (Å²) in [5.74, 6) is -0.00407. The van der Waals surface area contributed by atoms with E-state index in [0.717, 1.165) is 16.7 Å². The van der Waals surface area contributed by atoms with Gasteiger partial charge < -0.3 is 0 Å². The van der Waals surface area contributed by atoms with E-state index in [4.69, 9.17) is 0 Å². The van der Waals surface area contributed by atoms with Crippen molar-refractivity contribution in [3.8, 4) is 0 Å². The van der Waals surface area contributed by atoms with Gasteiger partial charge in [-0.05, 0) is 56.0 Å². The zero-order valence-corrected chi connectivity index (χ0v) is 11.2. The molecule has 0 atom stereocenters. The minimum Gasteiger partial charge on any atom is -0.287 e. The van der Waals surface area contributed by atoms with E-state index in [0.29, 0.717) is 11.3 Å². The molecule has 92 valence electrons. The lowest BCUT2D eigenvalue weighted by Crippen LogP contribution is -2.07. The smallest absolute Gasteiger partial charge is 0.211 e. The lowest BCUT2D eigenvalue weighted by molar-refractivity contribution is 0.103. The van der Waals surface area contributed by atoms with Crippen LogP contribution < -0.4 is 0 Å². The molecule has 1 aromatic carbocycles. The van der Waals surface area contributed by atoms with Crippen LogP contribution in [0.3, 0.4) is 0 Å². The monoisotopic (exact) mass is 239 g/mol. The fourth-order valence-electron chi connectivity index (χ4n) is 1.97. The van der Waals surface area contributed by atoms with E-state index in [1.165, 1.54) is 5.56 Å². The van der Waals surface area contributed by atoms with Gasteiger partial charge in [0, 0.05) is 11.8 Å². The maximum Gasteiger partial charge on any atom is 0.211 e. The van der Waals surface area contributed by atoms with E-state index in [9.17, 15) is 4.79 Å². The molecule has 0 aliphatic heterocycles. The van der Waals surface area contributed by atoms with Crippen molar-refractivity contribution in [2.45, 2.75) is 27.7 Å². The van der Waals surface area contributed by atoms with Gasteiger partial charge in [-0.2, -0.15) is 0 Å². The first-order valence-corrected chi connectivity index (χ1v) is 6.04. The number of pyridine rings is 1. The highest BCUT2D eigenvalue weighted by Gasteiger charge is 2.13. The number of hydrogen-bond acceptors (Lipinski definition) is 2. The summed E-state index contributed by atoms with van der Waals surface area (Å²) in [6, 6.07) is 7.76. The second kappa shape index (κ2) is 4.73. The van der Waals surface area contributed by atoms with Gasteiger partial charge in [0.1, 0.15) is 5.69 Å². The summed E-state index contributed by atoms with van der Waals surface area (Å²) in [4.78, 5) is 16.6. The zero-order valence-electron chi connectivity index (χ0n) is 11.2. The Hall–Kier alpha value is -1.96. The molecule has 1 heterocycles. The molecular weight excluding hydrogens is 222 g/mol. The number of hydrogen-bond donors (Lipinski definition) is 0. The molecule has 2 nitrogen and oxygen atoms in total. The van der Waals surface area contributed by atoms with Crippen LogP contribution in [0.25, 0.3) is 0 Å². The van der Waals surface area contributed by atoms with Crippen molar-refractivity contribution in [3.63, 3.8) is 0 Å². The van der Waals surface area contributed by atoms with Crippen molar-refractivity contribution in [2.24, 2.45) is 0 Å². The Labute approximate surface area is 108 Å². The number of rotatable bonds is 2. The van der Waals surface area contributed by atoms with Gasteiger partial charge in [0.2, 0.25) is 5.78 Å². The maximum absolute atomic E-state index is 12.4. The van der Waals surface area contributed by atoms with E-state index in [1.54, 1.807) is 6.20 Å². The fraction of sp³-hybridized carbons (Fsp3) is 0.250. The number of aryl methyl sites for hydroxylation is 4. The van der Waals surface area contributed by atoms with Crippen LogP contribution in [0.5, 0.6) is 0 Å². The number of carbonyl (C=O) groups excluding carboxylic acids is 1. The van der Waals surface area contributed by atoms with E-state index < -0.39 is 0 Å².